The first kappa shape index (κ1) is 22.6. The summed E-state index contributed by atoms with van der Waals surface area (Å²) in [4.78, 5) is 8.00. The van der Waals surface area contributed by atoms with E-state index in [-0.39, 0.29) is 23.1 Å². The first-order valence-corrected chi connectivity index (χ1v) is 3.38. The molecule has 7 nitrogen and oxygen atoms in total. The molecule has 0 aromatic heterocycles. The topological polar surface area (TPSA) is 138 Å². The van der Waals surface area contributed by atoms with Gasteiger partial charge in [0.2, 0.25) is 0 Å². The molecule has 0 amide bonds. The molecule has 2 N–H and O–H groups in total. The van der Waals surface area contributed by atoms with Gasteiger partial charge in [-0.25, -0.2) is 8.42 Å². The summed E-state index contributed by atoms with van der Waals surface area (Å²) in [5.74, 6) is 0. The van der Waals surface area contributed by atoms with Crippen LogP contribution in [0, 0.1) is 0 Å². The van der Waals surface area contributed by atoms with Crippen LogP contribution in [0.25, 0.3) is 0 Å². The Bertz CT molecular complexity index is 84.6. The van der Waals surface area contributed by atoms with Crippen LogP contribution >= 0.6 is 0 Å². The molecule has 2 atom stereocenters. The number of rotatable bonds is 0. The smallest absolute Gasteiger partial charge is 0.750 e. The van der Waals surface area contributed by atoms with E-state index in [0.717, 1.165) is 0 Å². The SMILES string of the molecule is C=O.O=S([O-])O.O=S([O-])O.[Mg+2]. The van der Waals surface area contributed by atoms with Crippen LogP contribution in [0.3, 0.4) is 0 Å². The summed E-state index contributed by atoms with van der Waals surface area (Å²) in [7, 11) is 0. The Kier molecular flexibility index (Phi) is 46.0. The van der Waals surface area contributed by atoms with Crippen LogP contribution < -0.4 is 0 Å². The maximum atomic E-state index is 8.56. The van der Waals surface area contributed by atoms with Crippen molar-refractivity contribution in [3.8, 4) is 0 Å². The molecule has 0 bridgehead atoms. The van der Waals surface area contributed by atoms with Crippen LogP contribution in [-0.2, 0) is 27.5 Å². The zero-order chi connectivity index (χ0) is 9.15. The minimum atomic E-state index is -2.86. The van der Waals surface area contributed by atoms with E-state index in [1.165, 1.54) is 0 Å². The zero-order valence-corrected chi connectivity index (χ0v) is 8.21. The van der Waals surface area contributed by atoms with E-state index < -0.39 is 22.7 Å². The maximum Gasteiger partial charge on any atom is 2.00 e. The van der Waals surface area contributed by atoms with Crippen molar-refractivity contribution in [2.24, 2.45) is 0 Å². The Balaban J connectivity index is -0.0000000339. The first-order valence-electron chi connectivity index (χ1n) is 1.32. The van der Waals surface area contributed by atoms with Crippen molar-refractivity contribution in [1.29, 1.82) is 0 Å². The standard InChI is InChI=1S/CH2O.Mg.2H2O3S/c1-2;;2*1-4(2)3/h1H2;;2*(H2,1,2,3)/q;+2;;/p-2. The van der Waals surface area contributed by atoms with Crippen molar-refractivity contribution in [3.05, 3.63) is 0 Å². The van der Waals surface area contributed by atoms with Gasteiger partial charge in [-0.2, -0.15) is 0 Å². The van der Waals surface area contributed by atoms with E-state index in [1.54, 1.807) is 0 Å². The molecular weight excluding hydrogens is 212 g/mol. The third-order valence-corrected chi connectivity index (χ3v) is 0. The molecule has 0 spiro atoms. The Morgan fingerprint density at radius 3 is 1.00 bits per heavy atom. The minimum Gasteiger partial charge on any atom is -0.750 e. The number of hydrogen-bond acceptors (Lipinski definition) is 5. The molecule has 0 aliphatic carbocycles. The zero-order valence-electron chi connectivity index (χ0n) is 5.17. The van der Waals surface area contributed by atoms with Crippen molar-refractivity contribution >= 4 is 52.6 Å². The predicted molar refractivity (Wildman–Crippen MR) is 36.0 cm³/mol. The molecule has 0 saturated carbocycles. The molecule has 0 aromatic rings. The van der Waals surface area contributed by atoms with Crippen molar-refractivity contribution in [3.63, 3.8) is 0 Å². The largest absolute Gasteiger partial charge is 2.00 e. The van der Waals surface area contributed by atoms with Gasteiger partial charge in [-0.15, -0.1) is 0 Å². The summed E-state index contributed by atoms with van der Waals surface area (Å²) < 4.78 is 48.2. The van der Waals surface area contributed by atoms with Crippen LogP contribution in [0.1, 0.15) is 0 Å². The molecule has 2 unspecified atom stereocenters. The number of hydrogen-bond donors (Lipinski definition) is 2. The minimum absolute atomic E-state index is 0. The quantitative estimate of drug-likeness (QED) is 0.356. The molecule has 0 aromatic carbocycles. The summed E-state index contributed by atoms with van der Waals surface area (Å²) in [6.45, 7) is 2.00. The molecule has 0 heterocycles. The monoisotopic (exact) mass is 216 g/mol. The van der Waals surface area contributed by atoms with Crippen molar-refractivity contribution in [2.45, 2.75) is 0 Å². The first-order chi connectivity index (χ1) is 4.46. The molecule has 0 aliphatic rings. The van der Waals surface area contributed by atoms with Crippen LogP contribution in [0.4, 0.5) is 0 Å². The van der Waals surface area contributed by atoms with E-state index in [1.807, 2.05) is 6.79 Å². The Hall–Kier alpha value is 0.576. The molecule has 64 valence electrons. The van der Waals surface area contributed by atoms with Crippen LogP contribution in [0.5, 0.6) is 0 Å². The molecule has 10 heteroatoms. The molecular formula is CH4MgO7S2. The summed E-state index contributed by atoms with van der Waals surface area (Å²) >= 11 is -5.72. The van der Waals surface area contributed by atoms with Crippen LogP contribution in [-0.4, -0.2) is 56.5 Å². The summed E-state index contributed by atoms with van der Waals surface area (Å²) in [5.41, 5.74) is 0. The van der Waals surface area contributed by atoms with Gasteiger partial charge >= 0.3 is 23.1 Å². The van der Waals surface area contributed by atoms with Gasteiger partial charge in [0.15, 0.2) is 0 Å². The van der Waals surface area contributed by atoms with Gasteiger partial charge in [-0.05, 0) is 0 Å². The van der Waals surface area contributed by atoms with E-state index >= 15 is 0 Å². The second-order valence-electron chi connectivity index (χ2n) is 0.434. The Labute approximate surface area is 83.9 Å². The molecule has 0 rings (SSSR count). The summed E-state index contributed by atoms with van der Waals surface area (Å²) in [6, 6.07) is 0. The average molecular weight is 216 g/mol. The normalized spacial score (nSPS) is 11.6. The second kappa shape index (κ2) is 22.4. The van der Waals surface area contributed by atoms with E-state index in [2.05, 4.69) is 0 Å². The Morgan fingerprint density at radius 1 is 1.00 bits per heavy atom. The predicted octanol–water partition coefficient (Wildman–Crippen LogP) is -1.89. The van der Waals surface area contributed by atoms with E-state index in [9.17, 15) is 0 Å². The van der Waals surface area contributed by atoms with E-state index in [4.69, 9.17) is 31.4 Å². The van der Waals surface area contributed by atoms with Gasteiger partial charge < -0.3 is 23.0 Å². The van der Waals surface area contributed by atoms with Crippen LogP contribution in [0.2, 0.25) is 0 Å². The summed E-state index contributed by atoms with van der Waals surface area (Å²) in [5, 5.41) is 0. The maximum absolute atomic E-state index is 8.56. The third kappa shape index (κ3) is 2340. The summed E-state index contributed by atoms with van der Waals surface area (Å²) in [6.07, 6.45) is 0. The van der Waals surface area contributed by atoms with Gasteiger partial charge in [-0.3, -0.25) is 0 Å². The van der Waals surface area contributed by atoms with E-state index in [0.29, 0.717) is 0 Å². The van der Waals surface area contributed by atoms with Crippen molar-refractivity contribution in [1.82, 2.24) is 0 Å². The third-order valence-electron chi connectivity index (χ3n) is 0. The van der Waals surface area contributed by atoms with Crippen molar-refractivity contribution in [2.75, 3.05) is 0 Å². The Morgan fingerprint density at radius 2 is 1.00 bits per heavy atom. The molecule has 0 saturated heterocycles. The van der Waals surface area contributed by atoms with Gasteiger partial charge in [0.1, 0.15) is 6.79 Å². The fraction of sp³-hybridized carbons (Fsp3) is 0. The molecule has 11 heavy (non-hydrogen) atoms. The van der Waals surface area contributed by atoms with Gasteiger partial charge in [-0.1, -0.05) is 0 Å². The fourth-order valence-electron chi connectivity index (χ4n) is 0. The van der Waals surface area contributed by atoms with Gasteiger partial charge in [0.05, 0.1) is 22.7 Å². The van der Waals surface area contributed by atoms with Crippen LogP contribution in [0.15, 0.2) is 0 Å². The van der Waals surface area contributed by atoms with Gasteiger partial charge in [0.25, 0.3) is 0 Å². The molecule has 0 aliphatic heterocycles. The number of carbonyl (C=O) groups is 1. The van der Waals surface area contributed by atoms with Crippen molar-refractivity contribution < 1.29 is 31.4 Å². The fourth-order valence-corrected chi connectivity index (χ4v) is 0. The molecule has 0 radical (unpaired) electrons. The average Bonchev–Trinajstić information content (AvgIpc) is 1.66. The molecule has 0 fully saturated rings. The number of carbonyl (C=O) groups excluding carboxylic acids is 1. The second-order valence-corrected chi connectivity index (χ2v) is 1.30. The van der Waals surface area contributed by atoms with Gasteiger partial charge in [0, 0.05) is 0 Å².